The summed E-state index contributed by atoms with van der Waals surface area (Å²) in [6, 6.07) is 10.1. The number of aromatic nitrogens is 1. The Morgan fingerprint density at radius 3 is 2.40 bits per heavy atom. The molecule has 0 aliphatic carbocycles. The number of hydrogen-bond donors (Lipinski definition) is 2. The van der Waals surface area contributed by atoms with E-state index in [1.54, 1.807) is 0 Å². The Labute approximate surface area is 153 Å². The highest BCUT2D eigenvalue weighted by molar-refractivity contribution is 7.80. The van der Waals surface area contributed by atoms with E-state index in [1.165, 1.54) is 5.69 Å². The lowest BCUT2D eigenvalue weighted by molar-refractivity contribution is 0.122. The number of nitrogens with zero attached hydrogens (tertiary/aromatic N) is 2. The van der Waals surface area contributed by atoms with Gasteiger partial charge in [0, 0.05) is 35.9 Å². The predicted molar refractivity (Wildman–Crippen MR) is 105 cm³/mol. The second kappa shape index (κ2) is 7.41. The molecule has 3 rings (SSSR count). The van der Waals surface area contributed by atoms with Gasteiger partial charge in [0.25, 0.3) is 0 Å². The number of hydrogen-bond acceptors (Lipinski definition) is 5. The lowest BCUT2D eigenvalue weighted by Crippen LogP contribution is -2.36. The minimum Gasteiger partial charge on any atom is -0.378 e. The molecule has 2 aromatic rings. The third-order valence-electron chi connectivity index (χ3n) is 3.99. The normalized spacial score (nSPS) is 15.1. The maximum atomic E-state index is 5.38. The fourth-order valence-electron chi connectivity index (χ4n) is 2.54. The number of thiocarbonyl (C=S) groups is 1. The molecule has 1 fully saturated rings. The Morgan fingerprint density at radius 2 is 1.80 bits per heavy atom. The molecule has 0 radical (unpaired) electrons. The van der Waals surface area contributed by atoms with Crippen molar-refractivity contribution in [1.82, 2.24) is 5.16 Å². The van der Waals surface area contributed by atoms with E-state index >= 15 is 0 Å². The minimum absolute atomic E-state index is 0.0860. The van der Waals surface area contributed by atoms with E-state index in [-0.39, 0.29) is 5.41 Å². The minimum atomic E-state index is -0.0860. The summed E-state index contributed by atoms with van der Waals surface area (Å²) in [6.07, 6.45) is 0. The standard InChI is InChI=1S/C18H24N4O2S/c1-18(2,3)15-12-16(21-24-15)20-17(25)19-13-4-6-14(7-5-13)22-8-10-23-11-9-22/h4-7,12H,8-11H2,1-3H3,(H2,19,20,21,25). The van der Waals surface area contributed by atoms with Gasteiger partial charge in [-0.15, -0.1) is 0 Å². The van der Waals surface area contributed by atoms with Crippen LogP contribution in [0.15, 0.2) is 34.9 Å². The van der Waals surface area contributed by atoms with Crippen LogP contribution in [-0.4, -0.2) is 36.6 Å². The van der Waals surface area contributed by atoms with Crippen LogP contribution in [0.25, 0.3) is 0 Å². The Bertz CT molecular complexity index is 715. The van der Waals surface area contributed by atoms with E-state index < -0.39 is 0 Å². The molecular formula is C18H24N4O2S. The Morgan fingerprint density at radius 1 is 1.12 bits per heavy atom. The molecule has 1 aliphatic heterocycles. The summed E-state index contributed by atoms with van der Waals surface area (Å²) in [7, 11) is 0. The molecule has 1 saturated heterocycles. The quantitative estimate of drug-likeness (QED) is 0.811. The van der Waals surface area contributed by atoms with Crippen LogP contribution >= 0.6 is 12.2 Å². The first-order chi connectivity index (χ1) is 11.9. The van der Waals surface area contributed by atoms with Gasteiger partial charge in [-0.2, -0.15) is 0 Å². The molecule has 0 bridgehead atoms. The maximum absolute atomic E-state index is 5.38. The fraction of sp³-hybridized carbons (Fsp3) is 0.444. The molecule has 1 aromatic heterocycles. The highest BCUT2D eigenvalue weighted by atomic mass is 32.1. The monoisotopic (exact) mass is 360 g/mol. The van der Waals surface area contributed by atoms with Crippen molar-refractivity contribution in [1.29, 1.82) is 0 Å². The van der Waals surface area contributed by atoms with Crippen LogP contribution in [0.4, 0.5) is 17.2 Å². The van der Waals surface area contributed by atoms with E-state index in [9.17, 15) is 0 Å². The third-order valence-corrected chi connectivity index (χ3v) is 4.20. The average Bonchev–Trinajstić information content (AvgIpc) is 3.05. The van der Waals surface area contributed by atoms with E-state index in [4.69, 9.17) is 21.5 Å². The van der Waals surface area contributed by atoms with Crippen molar-refractivity contribution in [2.75, 3.05) is 41.8 Å². The Balaban J connectivity index is 1.56. The summed E-state index contributed by atoms with van der Waals surface area (Å²) in [5.74, 6) is 1.42. The molecule has 0 atom stereocenters. The predicted octanol–water partition coefficient (Wildman–Crippen LogP) is 3.62. The van der Waals surface area contributed by atoms with Crippen LogP contribution in [0.1, 0.15) is 26.5 Å². The number of nitrogens with one attached hydrogen (secondary N) is 2. The number of benzene rings is 1. The van der Waals surface area contributed by atoms with Gasteiger partial charge in [-0.3, -0.25) is 0 Å². The summed E-state index contributed by atoms with van der Waals surface area (Å²) in [6.45, 7) is 9.63. The summed E-state index contributed by atoms with van der Waals surface area (Å²) in [5.41, 5.74) is 2.03. The summed E-state index contributed by atoms with van der Waals surface area (Å²) >= 11 is 5.35. The number of rotatable bonds is 3. The second-order valence-electron chi connectivity index (χ2n) is 7.05. The lowest BCUT2D eigenvalue weighted by Gasteiger charge is -2.28. The van der Waals surface area contributed by atoms with E-state index in [0.29, 0.717) is 10.9 Å². The molecule has 0 spiro atoms. The number of anilines is 3. The molecule has 134 valence electrons. The van der Waals surface area contributed by atoms with Crippen LogP contribution in [0.3, 0.4) is 0 Å². The molecule has 6 nitrogen and oxygen atoms in total. The van der Waals surface area contributed by atoms with Crippen molar-refractivity contribution in [2.45, 2.75) is 26.2 Å². The van der Waals surface area contributed by atoms with Crippen molar-refractivity contribution < 1.29 is 9.26 Å². The first-order valence-electron chi connectivity index (χ1n) is 8.40. The van der Waals surface area contributed by atoms with Gasteiger partial charge in [-0.25, -0.2) is 0 Å². The van der Waals surface area contributed by atoms with Gasteiger partial charge in [-0.05, 0) is 36.5 Å². The van der Waals surface area contributed by atoms with Crippen molar-refractivity contribution >= 4 is 34.5 Å². The van der Waals surface area contributed by atoms with Crippen LogP contribution < -0.4 is 15.5 Å². The Kier molecular flexibility index (Phi) is 5.24. The molecule has 0 unspecified atom stereocenters. The molecule has 0 saturated carbocycles. The lowest BCUT2D eigenvalue weighted by atomic mass is 9.93. The summed E-state index contributed by atoms with van der Waals surface area (Å²) in [4.78, 5) is 2.31. The highest BCUT2D eigenvalue weighted by Crippen LogP contribution is 2.24. The molecule has 7 heteroatoms. The van der Waals surface area contributed by atoms with Crippen molar-refractivity contribution in [2.24, 2.45) is 0 Å². The van der Waals surface area contributed by atoms with Crippen LogP contribution in [0, 0.1) is 0 Å². The van der Waals surface area contributed by atoms with Crippen LogP contribution in [-0.2, 0) is 10.2 Å². The molecule has 25 heavy (non-hydrogen) atoms. The zero-order valence-corrected chi connectivity index (χ0v) is 15.7. The van der Waals surface area contributed by atoms with Crippen molar-refractivity contribution in [3.05, 3.63) is 36.1 Å². The molecule has 1 aromatic carbocycles. The SMILES string of the molecule is CC(C)(C)c1cc(NC(=S)Nc2ccc(N3CCOCC3)cc2)no1. The molecular weight excluding hydrogens is 336 g/mol. The van der Waals surface area contributed by atoms with Gasteiger partial charge < -0.3 is 24.8 Å². The third kappa shape index (κ3) is 4.70. The van der Waals surface area contributed by atoms with Crippen molar-refractivity contribution in [3.8, 4) is 0 Å². The Hall–Kier alpha value is -2.12. The van der Waals surface area contributed by atoms with E-state index in [0.717, 1.165) is 37.8 Å². The second-order valence-corrected chi connectivity index (χ2v) is 7.46. The summed E-state index contributed by atoms with van der Waals surface area (Å²) in [5, 5.41) is 10.7. The van der Waals surface area contributed by atoms with Gasteiger partial charge in [-0.1, -0.05) is 25.9 Å². The number of ether oxygens (including phenoxy) is 1. The zero-order chi connectivity index (χ0) is 17.9. The van der Waals surface area contributed by atoms with Gasteiger partial charge in [0.05, 0.1) is 13.2 Å². The van der Waals surface area contributed by atoms with Crippen molar-refractivity contribution in [3.63, 3.8) is 0 Å². The highest BCUT2D eigenvalue weighted by Gasteiger charge is 2.20. The zero-order valence-electron chi connectivity index (χ0n) is 14.8. The fourth-order valence-corrected chi connectivity index (χ4v) is 2.77. The number of morpholine rings is 1. The van der Waals surface area contributed by atoms with Gasteiger partial charge in [0.1, 0.15) is 5.76 Å². The smallest absolute Gasteiger partial charge is 0.176 e. The van der Waals surface area contributed by atoms with Gasteiger partial charge >= 0.3 is 0 Å². The van der Waals surface area contributed by atoms with E-state index in [2.05, 4.69) is 53.6 Å². The molecule has 2 N–H and O–H groups in total. The topological polar surface area (TPSA) is 62.6 Å². The van der Waals surface area contributed by atoms with Crippen LogP contribution in [0.2, 0.25) is 0 Å². The van der Waals surface area contributed by atoms with Gasteiger partial charge in [0.2, 0.25) is 0 Å². The maximum Gasteiger partial charge on any atom is 0.176 e. The van der Waals surface area contributed by atoms with E-state index in [1.807, 2.05) is 18.2 Å². The van der Waals surface area contributed by atoms with Crippen LogP contribution in [0.5, 0.6) is 0 Å². The summed E-state index contributed by atoms with van der Waals surface area (Å²) < 4.78 is 10.7. The first kappa shape index (κ1) is 17.7. The molecule has 2 heterocycles. The average molecular weight is 360 g/mol. The molecule has 1 aliphatic rings. The van der Waals surface area contributed by atoms with Gasteiger partial charge in [0.15, 0.2) is 10.9 Å². The first-order valence-corrected chi connectivity index (χ1v) is 8.80. The largest absolute Gasteiger partial charge is 0.378 e. The molecule has 0 amide bonds.